The molecule has 1 saturated carbocycles. The smallest absolute Gasteiger partial charge is 0.128 e. The van der Waals surface area contributed by atoms with Crippen LogP contribution in [0.15, 0.2) is 18.2 Å². The zero-order valence-electron chi connectivity index (χ0n) is 11.2. The molecule has 98 valence electrons. The molecule has 3 nitrogen and oxygen atoms in total. The predicted molar refractivity (Wildman–Crippen MR) is 76.2 cm³/mol. The first-order valence-corrected chi connectivity index (χ1v) is 7.06. The fraction of sp³-hybridized carbons (Fsp3) is 0.467. The normalized spacial score (nSPS) is 18.8. The number of benzene rings is 1. The number of hydrogen-bond donors (Lipinski definition) is 0. The Morgan fingerprint density at radius 2 is 2.21 bits per heavy atom. The summed E-state index contributed by atoms with van der Waals surface area (Å²) in [5.74, 6) is 0.911. The van der Waals surface area contributed by atoms with E-state index in [0.717, 1.165) is 29.7 Å². The predicted octanol–water partition coefficient (Wildman–Crippen LogP) is 4.11. The van der Waals surface area contributed by atoms with Gasteiger partial charge in [-0.2, -0.15) is 5.26 Å². The van der Waals surface area contributed by atoms with Crippen LogP contribution in [0.2, 0.25) is 0 Å². The Morgan fingerprint density at radius 3 is 2.74 bits per heavy atom. The zero-order chi connectivity index (χ0) is 13.6. The summed E-state index contributed by atoms with van der Waals surface area (Å²) in [5.41, 5.74) is 2.73. The molecule has 4 heteroatoms. The minimum atomic E-state index is -0.129. The third-order valence-electron chi connectivity index (χ3n) is 4.14. The summed E-state index contributed by atoms with van der Waals surface area (Å²) in [4.78, 5) is 4.66. The zero-order valence-corrected chi connectivity index (χ0v) is 11.9. The van der Waals surface area contributed by atoms with Crippen molar-refractivity contribution in [3.63, 3.8) is 0 Å². The molecule has 0 saturated heterocycles. The van der Waals surface area contributed by atoms with Gasteiger partial charge >= 0.3 is 0 Å². The van der Waals surface area contributed by atoms with Crippen LogP contribution >= 0.6 is 11.6 Å². The molecule has 0 spiro atoms. The molecular formula is C15H16ClN3. The average molecular weight is 274 g/mol. The summed E-state index contributed by atoms with van der Waals surface area (Å²) < 4.78 is 2.25. The van der Waals surface area contributed by atoms with Crippen LogP contribution in [-0.4, -0.2) is 9.55 Å². The van der Waals surface area contributed by atoms with Crippen LogP contribution in [-0.2, 0) is 5.54 Å². The van der Waals surface area contributed by atoms with E-state index >= 15 is 0 Å². The lowest BCUT2D eigenvalue weighted by Crippen LogP contribution is -2.38. The van der Waals surface area contributed by atoms with Crippen LogP contribution < -0.4 is 0 Å². The van der Waals surface area contributed by atoms with Gasteiger partial charge in [-0.1, -0.05) is 0 Å². The van der Waals surface area contributed by atoms with Crippen LogP contribution in [0, 0.1) is 11.3 Å². The van der Waals surface area contributed by atoms with Crippen molar-refractivity contribution in [1.82, 2.24) is 9.55 Å². The van der Waals surface area contributed by atoms with Crippen molar-refractivity contribution in [3.8, 4) is 6.07 Å². The molecular weight excluding hydrogens is 258 g/mol. The quantitative estimate of drug-likeness (QED) is 0.773. The van der Waals surface area contributed by atoms with E-state index in [9.17, 15) is 0 Å². The molecule has 1 heterocycles. The number of hydrogen-bond acceptors (Lipinski definition) is 2. The maximum atomic E-state index is 9.07. The van der Waals surface area contributed by atoms with Gasteiger partial charge in [0.15, 0.2) is 0 Å². The summed E-state index contributed by atoms with van der Waals surface area (Å²) in [6.07, 6.45) is 3.53. The van der Waals surface area contributed by atoms with E-state index in [1.54, 1.807) is 0 Å². The van der Waals surface area contributed by atoms with E-state index in [4.69, 9.17) is 16.9 Å². The third kappa shape index (κ3) is 1.82. The summed E-state index contributed by atoms with van der Waals surface area (Å²) in [6, 6.07) is 7.85. The number of rotatable bonds is 2. The molecule has 0 aliphatic heterocycles. The SMILES string of the molecule is CC(Cl)c1nc2ccc(C#N)cc2n1C1(C)CCC1. The number of nitriles is 1. The Morgan fingerprint density at radius 1 is 1.47 bits per heavy atom. The molecule has 1 aliphatic rings. The van der Waals surface area contributed by atoms with E-state index in [-0.39, 0.29) is 10.9 Å². The second-order valence-corrected chi connectivity index (χ2v) is 6.24. The minimum Gasteiger partial charge on any atom is -0.321 e. The number of alkyl halides is 1. The monoisotopic (exact) mass is 273 g/mol. The lowest BCUT2D eigenvalue weighted by molar-refractivity contribution is 0.169. The lowest BCUT2D eigenvalue weighted by atomic mass is 9.78. The Kier molecular flexibility index (Phi) is 2.79. The highest BCUT2D eigenvalue weighted by molar-refractivity contribution is 6.20. The first-order valence-electron chi connectivity index (χ1n) is 6.62. The Balaban J connectivity index is 2.31. The molecule has 0 N–H and O–H groups in total. The van der Waals surface area contributed by atoms with Crippen molar-refractivity contribution in [2.45, 2.75) is 44.0 Å². The van der Waals surface area contributed by atoms with Crippen molar-refractivity contribution in [2.75, 3.05) is 0 Å². The maximum absolute atomic E-state index is 9.07. The number of halogens is 1. The van der Waals surface area contributed by atoms with Crippen LogP contribution in [0.25, 0.3) is 11.0 Å². The highest BCUT2D eigenvalue weighted by Gasteiger charge is 2.37. The van der Waals surface area contributed by atoms with Gasteiger partial charge in [0.05, 0.1) is 28.0 Å². The van der Waals surface area contributed by atoms with Crippen LogP contribution in [0.5, 0.6) is 0 Å². The van der Waals surface area contributed by atoms with Gasteiger partial charge in [0.2, 0.25) is 0 Å². The summed E-state index contributed by atoms with van der Waals surface area (Å²) in [5, 5.41) is 8.94. The number of imidazole rings is 1. The highest BCUT2D eigenvalue weighted by Crippen LogP contribution is 2.43. The van der Waals surface area contributed by atoms with Crippen molar-refractivity contribution in [2.24, 2.45) is 0 Å². The number of nitrogens with zero attached hydrogens (tertiary/aromatic N) is 3. The molecule has 3 rings (SSSR count). The van der Waals surface area contributed by atoms with Gasteiger partial charge in [-0.25, -0.2) is 4.98 Å². The van der Waals surface area contributed by atoms with Crippen LogP contribution in [0.4, 0.5) is 0 Å². The summed E-state index contributed by atoms with van der Waals surface area (Å²) in [7, 11) is 0. The molecule has 1 aliphatic carbocycles. The van der Waals surface area contributed by atoms with Crippen LogP contribution in [0.3, 0.4) is 0 Å². The van der Waals surface area contributed by atoms with Gasteiger partial charge < -0.3 is 4.57 Å². The van der Waals surface area contributed by atoms with Crippen molar-refractivity contribution in [3.05, 3.63) is 29.6 Å². The highest BCUT2D eigenvalue weighted by atomic mass is 35.5. The van der Waals surface area contributed by atoms with Gasteiger partial charge in [-0.05, 0) is 51.3 Å². The Labute approximate surface area is 117 Å². The van der Waals surface area contributed by atoms with E-state index in [0.29, 0.717) is 5.56 Å². The minimum absolute atomic E-state index is 0.0985. The lowest BCUT2D eigenvalue weighted by Gasteiger charge is -2.41. The average Bonchev–Trinajstić information content (AvgIpc) is 2.74. The van der Waals surface area contributed by atoms with Gasteiger partial charge in [0, 0.05) is 5.54 Å². The molecule has 19 heavy (non-hydrogen) atoms. The first kappa shape index (κ1) is 12.5. The molecule has 0 radical (unpaired) electrons. The second kappa shape index (κ2) is 4.25. The van der Waals surface area contributed by atoms with Gasteiger partial charge in [0.25, 0.3) is 0 Å². The molecule has 0 bridgehead atoms. The first-order chi connectivity index (χ1) is 9.05. The van der Waals surface area contributed by atoms with Crippen molar-refractivity contribution >= 4 is 22.6 Å². The maximum Gasteiger partial charge on any atom is 0.128 e. The fourth-order valence-electron chi connectivity index (χ4n) is 2.91. The molecule has 1 aromatic heterocycles. The molecule has 1 unspecified atom stereocenters. The Bertz CT molecular complexity index is 674. The molecule has 1 fully saturated rings. The topological polar surface area (TPSA) is 41.6 Å². The summed E-state index contributed by atoms with van der Waals surface area (Å²) >= 11 is 6.29. The molecule has 1 aromatic carbocycles. The number of fused-ring (bicyclic) bond motifs is 1. The Hall–Kier alpha value is -1.53. The van der Waals surface area contributed by atoms with E-state index < -0.39 is 0 Å². The fourth-order valence-corrected chi connectivity index (χ4v) is 3.06. The van der Waals surface area contributed by atoms with E-state index in [1.165, 1.54) is 6.42 Å². The van der Waals surface area contributed by atoms with Crippen LogP contribution in [0.1, 0.15) is 49.9 Å². The van der Waals surface area contributed by atoms with Gasteiger partial charge in [-0.3, -0.25) is 0 Å². The molecule has 2 aromatic rings. The standard InChI is InChI=1S/C15H16ClN3/c1-10(16)14-18-12-5-4-11(9-17)8-13(12)19(14)15(2)6-3-7-15/h4-5,8,10H,3,6-7H2,1-2H3. The van der Waals surface area contributed by atoms with E-state index in [1.807, 2.05) is 25.1 Å². The molecule has 0 amide bonds. The van der Waals surface area contributed by atoms with Gasteiger partial charge in [-0.15, -0.1) is 11.6 Å². The molecule has 1 atom stereocenters. The number of aromatic nitrogens is 2. The van der Waals surface area contributed by atoms with Crippen molar-refractivity contribution in [1.29, 1.82) is 5.26 Å². The largest absolute Gasteiger partial charge is 0.321 e. The second-order valence-electron chi connectivity index (χ2n) is 5.59. The summed E-state index contributed by atoms with van der Waals surface area (Å²) in [6.45, 7) is 4.20. The third-order valence-corrected chi connectivity index (χ3v) is 4.33. The van der Waals surface area contributed by atoms with Crippen molar-refractivity contribution < 1.29 is 0 Å². The van der Waals surface area contributed by atoms with E-state index in [2.05, 4.69) is 22.5 Å². The van der Waals surface area contributed by atoms with Gasteiger partial charge in [0.1, 0.15) is 5.82 Å².